The van der Waals surface area contributed by atoms with Crippen LogP contribution < -0.4 is 4.74 Å². The molecule has 0 saturated carbocycles. The summed E-state index contributed by atoms with van der Waals surface area (Å²) in [5.41, 5.74) is -0.479. The van der Waals surface area contributed by atoms with E-state index in [-0.39, 0.29) is 17.5 Å². The van der Waals surface area contributed by atoms with Crippen molar-refractivity contribution in [3.8, 4) is 5.88 Å². The SMILES string of the molecule is COc1cc(C(F)(F)F)c(CCN2CC(OC)C2)cn1. The van der Waals surface area contributed by atoms with Crippen molar-refractivity contribution in [3.63, 3.8) is 0 Å². The van der Waals surface area contributed by atoms with Gasteiger partial charge < -0.3 is 9.47 Å². The van der Waals surface area contributed by atoms with Crippen LogP contribution in [0.5, 0.6) is 5.88 Å². The maximum Gasteiger partial charge on any atom is 0.416 e. The van der Waals surface area contributed by atoms with Crippen LogP contribution in [0.4, 0.5) is 13.2 Å². The van der Waals surface area contributed by atoms with Crippen LogP contribution in [0.25, 0.3) is 0 Å². The van der Waals surface area contributed by atoms with Crippen molar-refractivity contribution < 1.29 is 22.6 Å². The Labute approximate surface area is 115 Å². The quantitative estimate of drug-likeness (QED) is 0.830. The van der Waals surface area contributed by atoms with Gasteiger partial charge in [0.1, 0.15) is 0 Å². The highest BCUT2D eigenvalue weighted by atomic mass is 19.4. The number of aromatic nitrogens is 1. The lowest BCUT2D eigenvalue weighted by atomic mass is 10.0. The van der Waals surface area contributed by atoms with E-state index >= 15 is 0 Å². The lowest BCUT2D eigenvalue weighted by Crippen LogP contribution is -2.52. The number of halogens is 3. The highest BCUT2D eigenvalue weighted by Gasteiger charge is 2.34. The Morgan fingerprint density at radius 1 is 1.35 bits per heavy atom. The molecule has 0 radical (unpaired) electrons. The van der Waals surface area contributed by atoms with Gasteiger partial charge in [-0.2, -0.15) is 13.2 Å². The van der Waals surface area contributed by atoms with Crippen LogP contribution in [0, 0.1) is 0 Å². The number of ether oxygens (including phenoxy) is 2. The number of hydrogen-bond acceptors (Lipinski definition) is 4. The van der Waals surface area contributed by atoms with Gasteiger partial charge in [-0.1, -0.05) is 0 Å². The van der Waals surface area contributed by atoms with Gasteiger partial charge in [-0.15, -0.1) is 0 Å². The first kappa shape index (κ1) is 15.1. The Morgan fingerprint density at radius 3 is 2.60 bits per heavy atom. The van der Waals surface area contributed by atoms with Gasteiger partial charge in [-0.25, -0.2) is 4.98 Å². The van der Waals surface area contributed by atoms with Crippen molar-refractivity contribution in [2.24, 2.45) is 0 Å². The van der Waals surface area contributed by atoms with E-state index in [2.05, 4.69) is 9.88 Å². The zero-order valence-corrected chi connectivity index (χ0v) is 11.4. The maximum atomic E-state index is 13.0. The number of nitrogens with zero attached hydrogens (tertiary/aromatic N) is 2. The van der Waals surface area contributed by atoms with E-state index < -0.39 is 11.7 Å². The summed E-state index contributed by atoms with van der Waals surface area (Å²) >= 11 is 0. The predicted octanol–water partition coefficient (Wildman–Crippen LogP) is 1.98. The smallest absolute Gasteiger partial charge is 0.416 e. The van der Waals surface area contributed by atoms with Gasteiger partial charge in [0, 0.05) is 39.0 Å². The fourth-order valence-corrected chi connectivity index (χ4v) is 2.17. The van der Waals surface area contributed by atoms with Crippen molar-refractivity contribution >= 4 is 0 Å². The molecule has 1 aliphatic heterocycles. The third-order valence-electron chi connectivity index (χ3n) is 3.43. The molecule has 1 aliphatic rings. The maximum absolute atomic E-state index is 13.0. The summed E-state index contributed by atoms with van der Waals surface area (Å²) in [5.74, 6) is -0.0236. The summed E-state index contributed by atoms with van der Waals surface area (Å²) in [7, 11) is 2.93. The van der Waals surface area contributed by atoms with Gasteiger partial charge in [0.15, 0.2) is 0 Å². The molecule has 2 rings (SSSR count). The number of methoxy groups -OCH3 is 2. The summed E-state index contributed by atoms with van der Waals surface area (Å²) in [6.07, 6.45) is -2.64. The summed E-state index contributed by atoms with van der Waals surface area (Å²) in [5, 5.41) is 0. The van der Waals surface area contributed by atoms with Crippen LogP contribution in [0.2, 0.25) is 0 Å². The van der Waals surface area contributed by atoms with Crippen LogP contribution in [0.3, 0.4) is 0 Å². The van der Waals surface area contributed by atoms with Crippen molar-refractivity contribution in [3.05, 3.63) is 23.4 Å². The van der Waals surface area contributed by atoms with Crippen LogP contribution in [-0.4, -0.2) is 49.8 Å². The normalized spacial score (nSPS) is 17.1. The van der Waals surface area contributed by atoms with E-state index in [1.807, 2.05) is 0 Å². The molecule has 0 aromatic carbocycles. The molecule has 0 spiro atoms. The molecule has 0 aliphatic carbocycles. The van der Waals surface area contributed by atoms with E-state index in [1.54, 1.807) is 7.11 Å². The van der Waals surface area contributed by atoms with Crippen molar-refractivity contribution in [2.75, 3.05) is 33.9 Å². The van der Waals surface area contributed by atoms with Crippen LogP contribution in [0.1, 0.15) is 11.1 Å². The van der Waals surface area contributed by atoms with Crippen molar-refractivity contribution in [2.45, 2.75) is 18.7 Å². The minimum Gasteiger partial charge on any atom is -0.481 e. The number of likely N-dealkylation sites (tertiary alicyclic amines) is 1. The van der Waals surface area contributed by atoms with Gasteiger partial charge in [-0.3, -0.25) is 4.90 Å². The van der Waals surface area contributed by atoms with Crippen molar-refractivity contribution in [1.29, 1.82) is 0 Å². The Kier molecular flexibility index (Phi) is 4.49. The van der Waals surface area contributed by atoms with E-state index in [4.69, 9.17) is 9.47 Å². The summed E-state index contributed by atoms with van der Waals surface area (Å²) < 4.78 is 48.8. The first-order valence-corrected chi connectivity index (χ1v) is 6.29. The molecule has 0 N–H and O–H groups in total. The molecule has 112 valence electrons. The summed E-state index contributed by atoms with van der Waals surface area (Å²) in [6.45, 7) is 2.10. The second-order valence-corrected chi connectivity index (χ2v) is 4.75. The lowest BCUT2D eigenvalue weighted by molar-refractivity contribution is -0.138. The molecule has 4 nitrogen and oxygen atoms in total. The topological polar surface area (TPSA) is 34.6 Å². The van der Waals surface area contributed by atoms with Gasteiger partial charge in [-0.05, 0) is 12.0 Å². The molecule has 0 amide bonds. The molecule has 20 heavy (non-hydrogen) atoms. The minimum atomic E-state index is -4.39. The molecular weight excluding hydrogens is 273 g/mol. The molecule has 0 bridgehead atoms. The van der Waals surface area contributed by atoms with E-state index in [1.165, 1.54) is 13.3 Å². The third-order valence-corrected chi connectivity index (χ3v) is 3.43. The Hall–Kier alpha value is -1.34. The molecule has 0 unspecified atom stereocenters. The van der Waals surface area contributed by atoms with Gasteiger partial charge in [0.25, 0.3) is 0 Å². The molecule has 7 heteroatoms. The highest BCUT2D eigenvalue weighted by Crippen LogP contribution is 2.33. The van der Waals surface area contributed by atoms with Crippen LogP contribution in [0.15, 0.2) is 12.3 Å². The molecule has 0 atom stereocenters. The molecule has 1 fully saturated rings. The number of hydrogen-bond donors (Lipinski definition) is 0. The minimum absolute atomic E-state index is 0.0236. The molecule has 1 aromatic rings. The largest absolute Gasteiger partial charge is 0.481 e. The number of pyridine rings is 1. The molecular formula is C13H17F3N2O2. The van der Waals surface area contributed by atoms with Crippen molar-refractivity contribution in [1.82, 2.24) is 9.88 Å². The Bertz CT molecular complexity index is 459. The second kappa shape index (κ2) is 5.97. The second-order valence-electron chi connectivity index (χ2n) is 4.75. The van der Waals surface area contributed by atoms with E-state index in [0.717, 1.165) is 19.2 Å². The highest BCUT2D eigenvalue weighted by molar-refractivity contribution is 5.32. The fraction of sp³-hybridized carbons (Fsp3) is 0.615. The Morgan fingerprint density at radius 2 is 2.05 bits per heavy atom. The first-order valence-electron chi connectivity index (χ1n) is 6.29. The van der Waals surface area contributed by atoms with Crippen LogP contribution in [-0.2, 0) is 17.3 Å². The molecule has 1 aromatic heterocycles. The lowest BCUT2D eigenvalue weighted by Gasteiger charge is -2.38. The average molecular weight is 290 g/mol. The third kappa shape index (κ3) is 3.40. The predicted molar refractivity (Wildman–Crippen MR) is 66.7 cm³/mol. The average Bonchev–Trinajstić information content (AvgIpc) is 2.36. The molecule has 2 heterocycles. The van der Waals surface area contributed by atoms with Crippen LogP contribution >= 0.6 is 0 Å². The summed E-state index contributed by atoms with van der Waals surface area (Å²) in [6, 6.07) is 0.948. The summed E-state index contributed by atoms with van der Waals surface area (Å²) in [4.78, 5) is 5.91. The molecule has 1 saturated heterocycles. The zero-order valence-electron chi connectivity index (χ0n) is 11.4. The van der Waals surface area contributed by atoms with E-state index in [9.17, 15) is 13.2 Å². The van der Waals surface area contributed by atoms with E-state index in [0.29, 0.717) is 13.0 Å². The zero-order chi connectivity index (χ0) is 14.8. The first-order chi connectivity index (χ1) is 9.44. The number of rotatable bonds is 5. The monoisotopic (exact) mass is 290 g/mol. The fourth-order valence-electron chi connectivity index (χ4n) is 2.17. The Balaban J connectivity index is 2.03. The van der Waals surface area contributed by atoms with Gasteiger partial charge in [0.05, 0.1) is 18.8 Å². The standard InChI is InChI=1S/C13H17F3N2O2/c1-19-10-7-18(8-10)4-3-9-6-17-12(20-2)5-11(9)13(14,15)16/h5-6,10H,3-4,7-8H2,1-2H3. The number of alkyl halides is 3. The van der Waals surface area contributed by atoms with Gasteiger partial charge in [0.2, 0.25) is 5.88 Å². The van der Waals surface area contributed by atoms with Gasteiger partial charge >= 0.3 is 6.18 Å².